The summed E-state index contributed by atoms with van der Waals surface area (Å²) in [6.45, 7) is 0. The zero-order chi connectivity index (χ0) is 8.69. The van der Waals surface area contributed by atoms with E-state index in [1.165, 1.54) is 0 Å². The maximum Gasteiger partial charge on any atom is 2.00 e. The number of carboxylic acids is 2. The van der Waals surface area contributed by atoms with Gasteiger partial charge in [-0.15, -0.1) is 0 Å². The van der Waals surface area contributed by atoms with Crippen LogP contribution < -0.4 is 10.2 Å². The number of hydrogen-bond donors (Lipinski definition) is 0. The topological polar surface area (TPSA) is 80.3 Å². The second-order valence-electron chi connectivity index (χ2n) is 2.30. The van der Waals surface area contributed by atoms with Gasteiger partial charge >= 0.3 is 37.7 Å². The molecule has 0 aromatic rings. The van der Waals surface area contributed by atoms with Crippen LogP contribution in [-0.4, -0.2) is 49.7 Å². The van der Waals surface area contributed by atoms with Crippen LogP contribution in [0.4, 0.5) is 0 Å². The van der Waals surface area contributed by atoms with Crippen molar-refractivity contribution in [2.45, 2.75) is 32.1 Å². The molecular formula is C7H10CaO4. The van der Waals surface area contributed by atoms with Crippen molar-refractivity contribution in [1.82, 2.24) is 0 Å². The fourth-order valence-electron chi connectivity index (χ4n) is 0.715. The van der Waals surface area contributed by atoms with Crippen LogP contribution in [0.25, 0.3) is 0 Å². The van der Waals surface area contributed by atoms with Gasteiger partial charge in [-0.1, -0.05) is 6.42 Å². The van der Waals surface area contributed by atoms with Gasteiger partial charge in [0.1, 0.15) is 0 Å². The van der Waals surface area contributed by atoms with E-state index in [1.807, 2.05) is 0 Å². The van der Waals surface area contributed by atoms with Crippen LogP contribution in [0.5, 0.6) is 0 Å². The molecule has 0 aliphatic heterocycles. The molecule has 0 N–H and O–H groups in total. The Morgan fingerprint density at radius 3 is 1.42 bits per heavy atom. The van der Waals surface area contributed by atoms with Crippen molar-refractivity contribution < 1.29 is 19.8 Å². The van der Waals surface area contributed by atoms with Crippen LogP contribution in [0.3, 0.4) is 0 Å². The molecule has 0 spiro atoms. The molecule has 0 aromatic carbocycles. The monoisotopic (exact) mass is 198 g/mol. The zero-order valence-electron chi connectivity index (χ0n) is 6.88. The number of carboxylic acid groups (broad SMARTS) is 2. The summed E-state index contributed by atoms with van der Waals surface area (Å²) >= 11 is 0. The summed E-state index contributed by atoms with van der Waals surface area (Å²) in [7, 11) is 0. The van der Waals surface area contributed by atoms with Gasteiger partial charge in [-0.3, -0.25) is 0 Å². The average molecular weight is 198 g/mol. The van der Waals surface area contributed by atoms with Crippen LogP contribution in [0, 0.1) is 0 Å². The van der Waals surface area contributed by atoms with Gasteiger partial charge < -0.3 is 19.8 Å². The van der Waals surface area contributed by atoms with Gasteiger partial charge in [0.2, 0.25) is 0 Å². The fourth-order valence-corrected chi connectivity index (χ4v) is 0.715. The number of hydrogen-bond acceptors (Lipinski definition) is 4. The summed E-state index contributed by atoms with van der Waals surface area (Å²) in [5.41, 5.74) is 0. The van der Waals surface area contributed by atoms with E-state index in [-0.39, 0.29) is 50.6 Å². The molecule has 0 heterocycles. The van der Waals surface area contributed by atoms with Gasteiger partial charge in [0.05, 0.1) is 0 Å². The summed E-state index contributed by atoms with van der Waals surface area (Å²) in [6, 6.07) is 0. The minimum absolute atomic E-state index is 0. The van der Waals surface area contributed by atoms with E-state index in [2.05, 4.69) is 0 Å². The van der Waals surface area contributed by atoms with E-state index in [0.717, 1.165) is 0 Å². The minimum atomic E-state index is -1.08. The average Bonchev–Trinajstić information content (AvgIpc) is 1.85. The number of carbonyl (C=O) groups excluding carboxylic acids is 2. The molecule has 64 valence electrons. The number of aliphatic carboxylic acids is 2. The number of unbranched alkanes of at least 4 members (excludes halogenated alkanes) is 2. The summed E-state index contributed by atoms with van der Waals surface area (Å²) in [5, 5.41) is 19.7. The first-order valence-electron chi connectivity index (χ1n) is 3.52. The van der Waals surface area contributed by atoms with Crippen molar-refractivity contribution in [2.75, 3.05) is 0 Å². The van der Waals surface area contributed by atoms with Crippen LogP contribution in [-0.2, 0) is 9.59 Å². The van der Waals surface area contributed by atoms with Crippen molar-refractivity contribution in [3.05, 3.63) is 0 Å². The van der Waals surface area contributed by atoms with Gasteiger partial charge in [-0.05, 0) is 25.7 Å². The smallest absolute Gasteiger partial charge is 0.550 e. The SMILES string of the molecule is O=C([O-])CCCCCC(=O)[O-].[Ca+2]. The molecule has 0 fully saturated rings. The third kappa shape index (κ3) is 12.8. The van der Waals surface area contributed by atoms with Gasteiger partial charge in [0.15, 0.2) is 0 Å². The molecule has 0 aromatic heterocycles. The van der Waals surface area contributed by atoms with E-state index in [1.54, 1.807) is 0 Å². The van der Waals surface area contributed by atoms with Crippen molar-refractivity contribution in [3.8, 4) is 0 Å². The maximum absolute atomic E-state index is 9.86. The van der Waals surface area contributed by atoms with E-state index >= 15 is 0 Å². The van der Waals surface area contributed by atoms with Crippen LogP contribution in [0.15, 0.2) is 0 Å². The molecule has 0 saturated carbocycles. The Balaban J connectivity index is 0. The Morgan fingerprint density at radius 2 is 1.17 bits per heavy atom. The van der Waals surface area contributed by atoms with Crippen molar-refractivity contribution in [2.24, 2.45) is 0 Å². The summed E-state index contributed by atoms with van der Waals surface area (Å²) in [4.78, 5) is 19.7. The summed E-state index contributed by atoms with van der Waals surface area (Å²) in [6.07, 6.45) is 1.58. The summed E-state index contributed by atoms with van der Waals surface area (Å²) in [5.74, 6) is -2.17. The van der Waals surface area contributed by atoms with Gasteiger partial charge in [-0.2, -0.15) is 0 Å². The summed E-state index contributed by atoms with van der Waals surface area (Å²) < 4.78 is 0. The van der Waals surface area contributed by atoms with Crippen LogP contribution >= 0.6 is 0 Å². The molecule has 4 nitrogen and oxygen atoms in total. The molecule has 12 heavy (non-hydrogen) atoms. The Labute approximate surface area is 101 Å². The van der Waals surface area contributed by atoms with E-state index < -0.39 is 11.9 Å². The molecule has 0 aliphatic rings. The van der Waals surface area contributed by atoms with Crippen molar-refractivity contribution in [3.63, 3.8) is 0 Å². The molecule has 0 radical (unpaired) electrons. The maximum atomic E-state index is 9.86. The molecule has 0 aliphatic carbocycles. The predicted octanol–water partition coefficient (Wildman–Crippen LogP) is -1.94. The molecular weight excluding hydrogens is 188 g/mol. The normalized spacial score (nSPS) is 8.67. The molecule has 0 rings (SSSR count). The largest absolute Gasteiger partial charge is 2.00 e. The zero-order valence-corrected chi connectivity index (χ0v) is 9.08. The number of carbonyl (C=O) groups is 2. The molecule has 0 unspecified atom stereocenters. The van der Waals surface area contributed by atoms with Crippen molar-refractivity contribution >= 4 is 49.7 Å². The molecule has 5 heteroatoms. The van der Waals surface area contributed by atoms with E-state index in [0.29, 0.717) is 19.3 Å². The molecule has 0 bridgehead atoms. The predicted molar refractivity (Wildman–Crippen MR) is 38.9 cm³/mol. The second kappa shape index (κ2) is 9.29. The third-order valence-electron chi connectivity index (χ3n) is 1.26. The standard InChI is InChI=1S/C7H12O4.Ca/c8-6(9)4-2-1-3-5-7(10)11;/h1-5H2,(H,8,9)(H,10,11);/q;+2/p-2. The third-order valence-corrected chi connectivity index (χ3v) is 1.26. The Morgan fingerprint density at radius 1 is 0.833 bits per heavy atom. The van der Waals surface area contributed by atoms with Gasteiger partial charge in [0, 0.05) is 11.9 Å². The molecule has 0 amide bonds. The van der Waals surface area contributed by atoms with E-state index in [9.17, 15) is 19.8 Å². The number of rotatable bonds is 6. The Bertz CT molecular complexity index is 130. The first-order chi connectivity index (χ1) is 5.13. The van der Waals surface area contributed by atoms with E-state index in [4.69, 9.17) is 0 Å². The van der Waals surface area contributed by atoms with Crippen molar-refractivity contribution in [1.29, 1.82) is 0 Å². The fraction of sp³-hybridized carbons (Fsp3) is 0.714. The van der Waals surface area contributed by atoms with Gasteiger partial charge in [-0.25, -0.2) is 0 Å². The minimum Gasteiger partial charge on any atom is -0.550 e. The Hall–Kier alpha value is 0.200. The first-order valence-corrected chi connectivity index (χ1v) is 3.52. The van der Waals surface area contributed by atoms with Gasteiger partial charge in [0.25, 0.3) is 0 Å². The van der Waals surface area contributed by atoms with Crippen LogP contribution in [0.1, 0.15) is 32.1 Å². The molecule has 0 atom stereocenters. The second-order valence-corrected chi connectivity index (χ2v) is 2.30. The Kier molecular flexibility index (Phi) is 11.4. The van der Waals surface area contributed by atoms with Crippen LogP contribution in [0.2, 0.25) is 0 Å². The first kappa shape index (κ1) is 14.7. The molecule has 0 saturated heterocycles. The quantitative estimate of drug-likeness (QED) is 0.367.